The van der Waals surface area contributed by atoms with Crippen molar-refractivity contribution in [2.45, 2.75) is 121 Å². The third-order valence-corrected chi connectivity index (χ3v) is 17.0. The van der Waals surface area contributed by atoms with Crippen molar-refractivity contribution >= 4 is 45.0 Å². The van der Waals surface area contributed by atoms with Crippen molar-refractivity contribution in [3.63, 3.8) is 0 Å². The highest BCUT2D eigenvalue weighted by Gasteiger charge is 2.52. The first kappa shape index (κ1) is 41.1. The van der Waals surface area contributed by atoms with Crippen molar-refractivity contribution in [1.82, 2.24) is 14.5 Å². The molecule has 4 heterocycles. The number of benzene rings is 1. The quantitative estimate of drug-likeness (QED) is 0.0912. The molecule has 300 valence electrons. The summed E-state index contributed by atoms with van der Waals surface area (Å²) in [5.74, 6) is -0.0950. The SMILES string of the molecule is CC(C)(C)[Si](C)(C)OC1CO[C@H]2[C@@H]1OC[C@H]2Oc1nc2cc(Cl)c(NC3CCc4cc(OCCOC(F)(F)F)cc(F)c43)nc2n1COCC[Si](C)(C)C. The van der Waals surface area contributed by atoms with Gasteiger partial charge in [0.1, 0.15) is 48.4 Å². The summed E-state index contributed by atoms with van der Waals surface area (Å²) in [4.78, 5) is 9.65. The van der Waals surface area contributed by atoms with Gasteiger partial charge in [0.15, 0.2) is 20.1 Å². The Morgan fingerprint density at radius 1 is 0.963 bits per heavy atom. The van der Waals surface area contributed by atoms with E-state index >= 15 is 4.39 Å². The minimum Gasteiger partial charge on any atom is -0.491 e. The van der Waals surface area contributed by atoms with Crippen molar-refractivity contribution in [3.8, 4) is 11.8 Å². The Morgan fingerprint density at radius 2 is 1.67 bits per heavy atom. The van der Waals surface area contributed by atoms with E-state index in [-0.39, 0.29) is 53.5 Å². The molecule has 0 saturated carbocycles. The Labute approximate surface area is 320 Å². The van der Waals surface area contributed by atoms with Crippen LogP contribution in [0.25, 0.3) is 11.2 Å². The zero-order valence-corrected chi connectivity index (χ0v) is 34.8. The minimum atomic E-state index is -4.76. The zero-order chi connectivity index (χ0) is 39.2. The predicted molar refractivity (Wildman–Crippen MR) is 201 cm³/mol. The molecule has 11 nitrogen and oxygen atoms in total. The van der Waals surface area contributed by atoms with Crippen LogP contribution in [0.2, 0.25) is 48.8 Å². The molecule has 0 amide bonds. The van der Waals surface area contributed by atoms with Gasteiger partial charge in [-0.15, -0.1) is 13.2 Å². The fourth-order valence-electron chi connectivity index (χ4n) is 6.57. The van der Waals surface area contributed by atoms with Crippen LogP contribution in [-0.4, -0.2) is 94.7 Å². The maximum absolute atomic E-state index is 15.5. The van der Waals surface area contributed by atoms with Gasteiger partial charge in [-0.3, -0.25) is 9.30 Å². The fourth-order valence-corrected chi connectivity index (χ4v) is 8.84. The smallest absolute Gasteiger partial charge is 0.491 e. The van der Waals surface area contributed by atoms with Gasteiger partial charge in [-0.2, -0.15) is 4.98 Å². The van der Waals surface area contributed by atoms with Gasteiger partial charge in [-0.05, 0) is 54.7 Å². The number of rotatable bonds is 15. The van der Waals surface area contributed by atoms with Crippen LogP contribution in [0.15, 0.2) is 18.2 Å². The lowest BCUT2D eigenvalue weighted by Gasteiger charge is -2.39. The Balaban J connectivity index is 1.21. The number of hydrogen-bond donors (Lipinski definition) is 1. The van der Waals surface area contributed by atoms with Crippen LogP contribution in [0.1, 0.15) is 44.4 Å². The van der Waals surface area contributed by atoms with E-state index in [0.717, 1.165) is 12.1 Å². The highest BCUT2D eigenvalue weighted by atomic mass is 35.5. The highest BCUT2D eigenvalue weighted by molar-refractivity contribution is 6.76. The molecule has 1 aliphatic carbocycles. The minimum absolute atomic E-state index is 0.0381. The van der Waals surface area contributed by atoms with Crippen LogP contribution in [0.5, 0.6) is 11.8 Å². The number of aryl methyl sites for hydroxylation is 1. The van der Waals surface area contributed by atoms with Crippen molar-refractivity contribution in [3.05, 3.63) is 40.2 Å². The fraction of sp³-hybridized carbons (Fsp3) is 0.667. The van der Waals surface area contributed by atoms with Crippen LogP contribution < -0.4 is 14.8 Å². The first-order chi connectivity index (χ1) is 25.2. The third kappa shape index (κ3) is 9.53. The van der Waals surface area contributed by atoms with Crippen LogP contribution in [0.4, 0.5) is 23.4 Å². The average Bonchev–Trinajstić information content (AvgIpc) is 3.81. The van der Waals surface area contributed by atoms with Gasteiger partial charge in [0.05, 0.1) is 37.0 Å². The van der Waals surface area contributed by atoms with Crippen molar-refractivity contribution in [2.75, 3.05) is 38.4 Å². The maximum atomic E-state index is 15.5. The number of alkyl halides is 3. The predicted octanol–water partition coefficient (Wildman–Crippen LogP) is 8.49. The van der Waals surface area contributed by atoms with Gasteiger partial charge in [0, 0.05) is 26.3 Å². The number of fused-ring (bicyclic) bond motifs is 3. The van der Waals surface area contributed by atoms with E-state index in [9.17, 15) is 13.2 Å². The second-order valence-electron chi connectivity index (χ2n) is 16.9. The molecule has 2 saturated heterocycles. The lowest BCUT2D eigenvalue weighted by Crippen LogP contribution is -2.47. The zero-order valence-electron chi connectivity index (χ0n) is 32.1. The molecule has 54 heavy (non-hydrogen) atoms. The Hall–Kier alpha value is -2.52. The molecule has 2 fully saturated rings. The molecule has 0 radical (unpaired) electrons. The van der Waals surface area contributed by atoms with Crippen molar-refractivity contribution < 1.29 is 50.4 Å². The molecule has 1 N–H and O–H groups in total. The molecule has 2 unspecified atom stereocenters. The number of anilines is 1. The Bertz CT molecular complexity index is 1800. The summed E-state index contributed by atoms with van der Waals surface area (Å²) in [5, 5.41) is 3.63. The first-order valence-corrected chi connectivity index (χ1v) is 25.3. The van der Waals surface area contributed by atoms with Gasteiger partial charge >= 0.3 is 12.4 Å². The number of imidazole rings is 1. The van der Waals surface area contributed by atoms with Crippen LogP contribution in [0, 0.1) is 5.82 Å². The third-order valence-electron chi connectivity index (χ3n) is 10.5. The molecule has 5 atom stereocenters. The largest absolute Gasteiger partial charge is 0.522 e. The second-order valence-corrected chi connectivity index (χ2v) is 27.6. The first-order valence-electron chi connectivity index (χ1n) is 18.3. The molecule has 2 aromatic heterocycles. The van der Waals surface area contributed by atoms with Crippen LogP contribution >= 0.6 is 11.6 Å². The van der Waals surface area contributed by atoms with E-state index in [2.05, 4.69) is 63.6 Å². The maximum Gasteiger partial charge on any atom is 0.522 e. The van der Waals surface area contributed by atoms with E-state index in [0.29, 0.717) is 60.8 Å². The summed E-state index contributed by atoms with van der Waals surface area (Å²) in [6.07, 6.45) is -4.97. The van der Waals surface area contributed by atoms with Crippen molar-refractivity contribution in [2.24, 2.45) is 0 Å². The van der Waals surface area contributed by atoms with Gasteiger partial charge in [0.2, 0.25) is 0 Å². The Kier molecular flexibility index (Phi) is 12.0. The summed E-state index contributed by atoms with van der Waals surface area (Å²) in [6.45, 7) is 18.2. The second kappa shape index (κ2) is 15.8. The summed E-state index contributed by atoms with van der Waals surface area (Å²) >= 11 is 6.76. The number of ether oxygens (including phenoxy) is 6. The van der Waals surface area contributed by atoms with Gasteiger partial charge in [0.25, 0.3) is 0 Å². The van der Waals surface area contributed by atoms with E-state index in [1.165, 1.54) is 0 Å². The number of aromatic nitrogens is 3. The number of pyridine rings is 1. The Morgan fingerprint density at radius 3 is 2.35 bits per heavy atom. The van der Waals surface area contributed by atoms with Crippen LogP contribution in [-0.2, 0) is 36.5 Å². The average molecular weight is 819 g/mol. The van der Waals surface area contributed by atoms with E-state index in [1.54, 1.807) is 16.7 Å². The molecule has 18 heteroatoms. The molecule has 0 spiro atoms. The number of nitrogens with zero attached hydrogens (tertiary/aromatic N) is 3. The summed E-state index contributed by atoms with van der Waals surface area (Å²) in [5.41, 5.74) is 2.05. The normalized spacial score (nSPS) is 23.2. The topological polar surface area (TPSA) is 107 Å². The lowest BCUT2D eigenvalue weighted by atomic mass is 10.1. The molecule has 2 aliphatic heterocycles. The number of hydrogen-bond acceptors (Lipinski definition) is 10. The molecular formula is C36H51ClF4N4O7Si2. The number of nitrogens with one attached hydrogen (secondary N) is 1. The summed E-state index contributed by atoms with van der Waals surface area (Å²) < 4.78 is 95.1. The van der Waals surface area contributed by atoms with Gasteiger partial charge in [-0.1, -0.05) is 52.0 Å². The van der Waals surface area contributed by atoms with E-state index in [1.807, 2.05) is 0 Å². The molecule has 6 rings (SSSR count). The lowest BCUT2D eigenvalue weighted by molar-refractivity contribution is -0.325. The highest BCUT2D eigenvalue weighted by Crippen LogP contribution is 2.42. The van der Waals surface area contributed by atoms with Crippen molar-refractivity contribution in [1.29, 1.82) is 0 Å². The van der Waals surface area contributed by atoms with Crippen LogP contribution in [0.3, 0.4) is 0 Å². The van der Waals surface area contributed by atoms with E-state index < -0.39 is 47.3 Å². The molecule has 1 aromatic carbocycles. The van der Waals surface area contributed by atoms with E-state index in [4.69, 9.17) is 49.7 Å². The molecule has 3 aromatic rings. The standard InChI is InChI=1S/C36H51ClF4N4O7Si2/c1-35(2,3)54(7,8)52-28-19-49-30-27(18-48-31(28)30)51-34-43-26-17-23(37)32(44-33(26)45(34)20-46-13-14-53(4,5)6)42-25-10-9-21-15-22(16-24(38)29(21)25)47-11-12-50-36(39,40)41/h15-17,25,27-28,30-31H,9-14,18-20H2,1-8H3,(H,42,44)/t25?,27-,28?,30-,31-/m1/s1. The number of halogens is 5. The van der Waals surface area contributed by atoms with Gasteiger partial charge < -0.3 is 33.4 Å². The molecule has 3 aliphatic rings. The monoisotopic (exact) mass is 818 g/mol. The summed E-state index contributed by atoms with van der Waals surface area (Å²) in [7, 11) is -3.44. The molecule has 0 bridgehead atoms. The molecular weight excluding hydrogens is 768 g/mol. The summed E-state index contributed by atoms with van der Waals surface area (Å²) in [6, 6.07) is 5.26. The van der Waals surface area contributed by atoms with Gasteiger partial charge in [-0.25, -0.2) is 9.37 Å².